The van der Waals surface area contributed by atoms with Crippen molar-refractivity contribution in [2.24, 2.45) is 0 Å². The van der Waals surface area contributed by atoms with Gasteiger partial charge in [0.1, 0.15) is 0 Å². The molecule has 1 aliphatic rings. The predicted octanol–water partition coefficient (Wildman–Crippen LogP) is 0.292. The molecule has 1 saturated heterocycles. The average molecular weight is 236 g/mol. The molecule has 0 saturated carbocycles. The van der Waals surface area contributed by atoms with E-state index < -0.39 is 10.2 Å². The van der Waals surface area contributed by atoms with Crippen molar-refractivity contribution in [2.75, 3.05) is 26.7 Å². The molecule has 0 aromatic carbocycles. The topological polar surface area (TPSA) is 49.9 Å². The molecule has 1 heterocycles. The van der Waals surface area contributed by atoms with Crippen molar-refractivity contribution in [3.63, 3.8) is 0 Å². The van der Waals surface area contributed by atoms with Gasteiger partial charge >= 0.3 is 0 Å². The Morgan fingerprint density at radius 1 is 1.47 bits per heavy atom. The molecule has 15 heavy (non-hydrogen) atoms. The summed E-state index contributed by atoms with van der Waals surface area (Å²) in [4.78, 5) is 0. The fraction of sp³-hybridized carbons (Fsp3) is 1.00. The van der Waals surface area contributed by atoms with Crippen LogP contribution in [-0.4, -0.2) is 55.9 Å². The number of hydrogen-bond donors (Lipinski definition) is 0. The highest BCUT2D eigenvalue weighted by Crippen LogP contribution is 2.14. The lowest BCUT2D eigenvalue weighted by atomic mass is 10.3. The number of morpholine rings is 1. The van der Waals surface area contributed by atoms with Crippen LogP contribution in [0.4, 0.5) is 0 Å². The van der Waals surface area contributed by atoms with E-state index in [-0.39, 0.29) is 12.1 Å². The van der Waals surface area contributed by atoms with Crippen LogP contribution in [0.15, 0.2) is 0 Å². The van der Waals surface area contributed by atoms with Crippen molar-refractivity contribution in [1.82, 2.24) is 8.61 Å². The molecule has 0 bridgehead atoms. The molecule has 6 heteroatoms. The van der Waals surface area contributed by atoms with Gasteiger partial charge in [-0.15, -0.1) is 0 Å². The monoisotopic (exact) mass is 236 g/mol. The Hall–Kier alpha value is -0.170. The molecular formula is C9H20N2O3S. The summed E-state index contributed by atoms with van der Waals surface area (Å²) in [5.74, 6) is 0. The minimum atomic E-state index is -3.31. The highest BCUT2D eigenvalue weighted by molar-refractivity contribution is 7.86. The van der Waals surface area contributed by atoms with Gasteiger partial charge in [0.05, 0.1) is 12.7 Å². The van der Waals surface area contributed by atoms with Gasteiger partial charge in [-0.25, -0.2) is 0 Å². The highest BCUT2D eigenvalue weighted by atomic mass is 32.2. The summed E-state index contributed by atoms with van der Waals surface area (Å²) < 4.78 is 32.3. The standard InChI is InChI=1S/C9H20N2O3S/c1-8(2)10(4)15(12,13)11-5-6-14-9(3)7-11/h8-9H,5-7H2,1-4H3/t9-/m1/s1. The lowest BCUT2D eigenvalue weighted by Gasteiger charge is -2.34. The Kier molecular flexibility index (Phi) is 4.11. The fourth-order valence-electron chi connectivity index (χ4n) is 1.44. The van der Waals surface area contributed by atoms with Crippen molar-refractivity contribution >= 4 is 10.2 Å². The van der Waals surface area contributed by atoms with E-state index >= 15 is 0 Å². The van der Waals surface area contributed by atoms with Gasteiger partial charge in [-0.05, 0) is 20.8 Å². The van der Waals surface area contributed by atoms with Crippen LogP contribution in [0.2, 0.25) is 0 Å². The fourth-order valence-corrected chi connectivity index (χ4v) is 3.05. The van der Waals surface area contributed by atoms with E-state index in [2.05, 4.69) is 0 Å². The van der Waals surface area contributed by atoms with E-state index in [0.29, 0.717) is 19.7 Å². The molecule has 1 aliphatic heterocycles. The molecule has 0 aliphatic carbocycles. The van der Waals surface area contributed by atoms with Crippen molar-refractivity contribution in [1.29, 1.82) is 0 Å². The molecule has 90 valence electrons. The normalized spacial score (nSPS) is 25.1. The molecule has 1 fully saturated rings. The number of ether oxygens (including phenoxy) is 1. The molecule has 0 amide bonds. The number of rotatable bonds is 3. The molecule has 0 unspecified atom stereocenters. The Morgan fingerprint density at radius 2 is 2.07 bits per heavy atom. The molecule has 0 aromatic rings. The first-order valence-electron chi connectivity index (χ1n) is 5.20. The molecular weight excluding hydrogens is 216 g/mol. The van der Waals surface area contributed by atoms with Crippen LogP contribution in [0.25, 0.3) is 0 Å². The van der Waals surface area contributed by atoms with Gasteiger partial charge in [0.2, 0.25) is 0 Å². The number of nitrogens with zero attached hydrogens (tertiary/aromatic N) is 2. The lowest BCUT2D eigenvalue weighted by Crippen LogP contribution is -2.51. The van der Waals surface area contributed by atoms with Crippen molar-refractivity contribution in [2.45, 2.75) is 32.9 Å². The predicted molar refractivity (Wildman–Crippen MR) is 58.8 cm³/mol. The third-order valence-corrected chi connectivity index (χ3v) is 4.75. The lowest BCUT2D eigenvalue weighted by molar-refractivity contribution is 0.00825. The molecule has 0 N–H and O–H groups in total. The van der Waals surface area contributed by atoms with E-state index in [1.54, 1.807) is 7.05 Å². The summed E-state index contributed by atoms with van der Waals surface area (Å²) in [5.41, 5.74) is 0. The summed E-state index contributed by atoms with van der Waals surface area (Å²) in [6.07, 6.45) is -0.0194. The van der Waals surface area contributed by atoms with Crippen LogP contribution in [0, 0.1) is 0 Å². The Morgan fingerprint density at radius 3 is 2.53 bits per heavy atom. The molecule has 0 radical (unpaired) electrons. The second kappa shape index (κ2) is 4.78. The summed E-state index contributed by atoms with van der Waals surface area (Å²) >= 11 is 0. The zero-order valence-corrected chi connectivity index (χ0v) is 10.6. The first kappa shape index (κ1) is 12.9. The van der Waals surface area contributed by atoms with Crippen molar-refractivity contribution in [3.05, 3.63) is 0 Å². The van der Waals surface area contributed by atoms with Crippen molar-refractivity contribution in [3.8, 4) is 0 Å². The van der Waals surface area contributed by atoms with E-state index in [0.717, 1.165) is 0 Å². The van der Waals surface area contributed by atoms with Gasteiger partial charge in [0, 0.05) is 26.2 Å². The average Bonchev–Trinajstić information content (AvgIpc) is 2.16. The first-order chi connectivity index (χ1) is 6.85. The SMILES string of the molecule is CC(C)N(C)S(=O)(=O)N1CCO[C@H](C)C1. The van der Waals surface area contributed by atoms with Gasteiger partial charge in [-0.3, -0.25) is 0 Å². The maximum atomic E-state index is 12.1. The van der Waals surface area contributed by atoms with E-state index in [4.69, 9.17) is 4.74 Å². The van der Waals surface area contributed by atoms with Gasteiger partial charge in [-0.1, -0.05) is 0 Å². The van der Waals surface area contributed by atoms with Crippen LogP contribution >= 0.6 is 0 Å². The Balaban J connectivity index is 2.77. The van der Waals surface area contributed by atoms with Crippen molar-refractivity contribution < 1.29 is 13.2 Å². The second-order valence-electron chi connectivity index (χ2n) is 4.16. The summed E-state index contributed by atoms with van der Waals surface area (Å²) in [6, 6.07) is -0.0202. The smallest absolute Gasteiger partial charge is 0.282 e. The zero-order valence-electron chi connectivity index (χ0n) is 9.80. The molecule has 0 spiro atoms. The number of hydrogen-bond acceptors (Lipinski definition) is 3. The van der Waals surface area contributed by atoms with Gasteiger partial charge < -0.3 is 4.74 Å². The third-order valence-electron chi connectivity index (χ3n) is 2.62. The van der Waals surface area contributed by atoms with E-state index in [9.17, 15) is 8.42 Å². The summed E-state index contributed by atoms with van der Waals surface area (Å²) in [7, 11) is -1.70. The maximum absolute atomic E-state index is 12.1. The van der Waals surface area contributed by atoms with Gasteiger partial charge in [0.15, 0.2) is 0 Å². The minimum Gasteiger partial charge on any atom is -0.376 e. The van der Waals surface area contributed by atoms with E-state index in [1.165, 1.54) is 8.61 Å². The highest BCUT2D eigenvalue weighted by Gasteiger charge is 2.31. The Labute approximate surface area is 92.2 Å². The second-order valence-corrected chi connectivity index (χ2v) is 6.15. The van der Waals surface area contributed by atoms with Gasteiger partial charge in [-0.2, -0.15) is 17.0 Å². The molecule has 0 aromatic heterocycles. The van der Waals surface area contributed by atoms with Crippen LogP contribution in [0.5, 0.6) is 0 Å². The molecule has 5 nitrogen and oxygen atoms in total. The largest absolute Gasteiger partial charge is 0.376 e. The quantitative estimate of drug-likeness (QED) is 0.708. The van der Waals surface area contributed by atoms with Crippen LogP contribution in [-0.2, 0) is 14.9 Å². The van der Waals surface area contributed by atoms with Crippen LogP contribution < -0.4 is 0 Å². The van der Waals surface area contributed by atoms with Crippen LogP contribution in [0.1, 0.15) is 20.8 Å². The third kappa shape index (κ3) is 2.90. The maximum Gasteiger partial charge on any atom is 0.282 e. The van der Waals surface area contributed by atoms with Crippen LogP contribution in [0.3, 0.4) is 0 Å². The molecule has 1 atom stereocenters. The summed E-state index contributed by atoms with van der Waals surface area (Å²) in [5, 5.41) is 0. The van der Waals surface area contributed by atoms with Gasteiger partial charge in [0.25, 0.3) is 10.2 Å². The molecule has 1 rings (SSSR count). The summed E-state index contributed by atoms with van der Waals surface area (Å²) in [6.45, 7) is 6.98. The van der Waals surface area contributed by atoms with E-state index in [1.807, 2.05) is 20.8 Å². The minimum absolute atomic E-state index is 0.0194. The Bertz CT molecular complexity index is 302. The zero-order chi connectivity index (χ0) is 11.6. The first-order valence-corrected chi connectivity index (χ1v) is 6.60.